The molecule has 0 aliphatic carbocycles. The van der Waals surface area contributed by atoms with Crippen LogP contribution in [0.4, 0.5) is 0 Å². The molecule has 0 spiro atoms. The number of carbonyl (C=O) groups excluding carboxylic acids is 1. The molecule has 0 saturated heterocycles. The van der Waals surface area contributed by atoms with E-state index in [2.05, 4.69) is 33.4 Å². The number of hydrogen-bond acceptors (Lipinski definition) is 2. The third-order valence-corrected chi connectivity index (χ3v) is 3.33. The normalized spacial score (nSPS) is 10.4. The summed E-state index contributed by atoms with van der Waals surface area (Å²) in [6.07, 6.45) is 0. The molecule has 0 amide bonds. The van der Waals surface area contributed by atoms with E-state index in [0.717, 1.165) is 23.1 Å². The SMILES string of the molecule is O=C([O-])c1ccc(C[NH2+]Cc2cccc(Br)c2)cc1. The van der Waals surface area contributed by atoms with Crippen molar-refractivity contribution in [3.8, 4) is 0 Å². The Labute approximate surface area is 120 Å². The van der Waals surface area contributed by atoms with Gasteiger partial charge in [-0.25, -0.2) is 0 Å². The molecule has 4 heteroatoms. The monoisotopic (exact) mass is 319 g/mol. The zero-order valence-corrected chi connectivity index (χ0v) is 11.9. The van der Waals surface area contributed by atoms with Gasteiger partial charge < -0.3 is 15.2 Å². The molecular weight excluding hydrogens is 306 g/mol. The molecule has 0 saturated carbocycles. The molecule has 0 bridgehead atoms. The number of quaternary nitrogens is 1. The summed E-state index contributed by atoms with van der Waals surface area (Å²) in [4.78, 5) is 10.6. The van der Waals surface area contributed by atoms with Crippen molar-refractivity contribution in [1.29, 1.82) is 0 Å². The molecule has 0 aliphatic heterocycles. The first-order valence-electron chi connectivity index (χ1n) is 6.01. The Hall–Kier alpha value is -1.65. The van der Waals surface area contributed by atoms with E-state index in [0.29, 0.717) is 0 Å². The molecule has 19 heavy (non-hydrogen) atoms. The van der Waals surface area contributed by atoms with Gasteiger partial charge in [0.15, 0.2) is 0 Å². The third-order valence-electron chi connectivity index (χ3n) is 2.84. The van der Waals surface area contributed by atoms with Gasteiger partial charge in [0.05, 0.1) is 5.97 Å². The van der Waals surface area contributed by atoms with Crippen LogP contribution in [0.15, 0.2) is 53.0 Å². The van der Waals surface area contributed by atoms with Crippen LogP contribution in [0.5, 0.6) is 0 Å². The van der Waals surface area contributed by atoms with Crippen molar-refractivity contribution in [3.05, 3.63) is 69.7 Å². The van der Waals surface area contributed by atoms with E-state index >= 15 is 0 Å². The molecule has 3 nitrogen and oxygen atoms in total. The van der Waals surface area contributed by atoms with E-state index in [-0.39, 0.29) is 5.56 Å². The fraction of sp³-hybridized carbons (Fsp3) is 0.133. The van der Waals surface area contributed by atoms with Crippen molar-refractivity contribution in [3.63, 3.8) is 0 Å². The lowest BCUT2D eigenvalue weighted by atomic mass is 10.1. The van der Waals surface area contributed by atoms with Crippen molar-refractivity contribution >= 4 is 21.9 Å². The summed E-state index contributed by atoms with van der Waals surface area (Å²) in [5.74, 6) is -1.13. The number of benzene rings is 2. The molecule has 2 aromatic carbocycles. The first-order valence-corrected chi connectivity index (χ1v) is 6.81. The van der Waals surface area contributed by atoms with Crippen LogP contribution in [0.3, 0.4) is 0 Å². The van der Waals surface area contributed by atoms with Gasteiger partial charge in [-0.3, -0.25) is 0 Å². The molecule has 0 aromatic heterocycles. The molecule has 0 aliphatic rings. The summed E-state index contributed by atoms with van der Waals surface area (Å²) in [5, 5.41) is 12.8. The standard InChI is InChI=1S/C15H14BrNO2/c16-14-3-1-2-12(8-14)10-17-9-11-4-6-13(7-5-11)15(18)19/h1-8,17H,9-10H2,(H,18,19). The van der Waals surface area contributed by atoms with Crippen molar-refractivity contribution in [2.45, 2.75) is 13.1 Å². The fourth-order valence-corrected chi connectivity index (χ4v) is 2.29. The minimum atomic E-state index is -1.13. The van der Waals surface area contributed by atoms with Crippen LogP contribution in [-0.4, -0.2) is 5.97 Å². The van der Waals surface area contributed by atoms with Gasteiger partial charge in [-0.15, -0.1) is 0 Å². The molecular formula is C15H14BrNO2. The lowest BCUT2D eigenvalue weighted by Crippen LogP contribution is -2.80. The predicted octanol–water partition coefficient (Wildman–Crippen LogP) is 1.08. The maximum absolute atomic E-state index is 10.6. The lowest BCUT2D eigenvalue weighted by Gasteiger charge is -2.05. The number of halogens is 1. The van der Waals surface area contributed by atoms with E-state index in [1.165, 1.54) is 5.56 Å². The highest BCUT2D eigenvalue weighted by Gasteiger charge is 1.99. The maximum atomic E-state index is 10.6. The number of nitrogens with two attached hydrogens (primary N) is 1. The van der Waals surface area contributed by atoms with E-state index in [1.54, 1.807) is 12.1 Å². The predicted molar refractivity (Wildman–Crippen MR) is 74.2 cm³/mol. The van der Waals surface area contributed by atoms with Gasteiger partial charge in [-0.2, -0.15) is 0 Å². The van der Waals surface area contributed by atoms with E-state index in [4.69, 9.17) is 0 Å². The molecule has 2 N–H and O–H groups in total. The zero-order valence-electron chi connectivity index (χ0n) is 10.3. The second-order valence-electron chi connectivity index (χ2n) is 4.31. The Morgan fingerprint density at radius 1 is 1.05 bits per heavy atom. The number of carboxylic acids is 1. The molecule has 0 heterocycles. The summed E-state index contributed by atoms with van der Waals surface area (Å²) in [6, 6.07) is 15.0. The lowest BCUT2D eigenvalue weighted by molar-refractivity contribution is -0.686. The highest BCUT2D eigenvalue weighted by atomic mass is 79.9. The smallest absolute Gasteiger partial charge is 0.102 e. The summed E-state index contributed by atoms with van der Waals surface area (Å²) < 4.78 is 1.08. The first-order chi connectivity index (χ1) is 9.15. The number of carboxylic acid groups (broad SMARTS) is 1. The van der Waals surface area contributed by atoms with Gasteiger partial charge in [-0.1, -0.05) is 52.3 Å². The molecule has 0 fully saturated rings. The van der Waals surface area contributed by atoms with Gasteiger partial charge in [-0.05, 0) is 17.7 Å². The molecule has 0 atom stereocenters. The second-order valence-corrected chi connectivity index (χ2v) is 5.23. The van der Waals surface area contributed by atoms with Gasteiger partial charge in [0.2, 0.25) is 0 Å². The summed E-state index contributed by atoms with van der Waals surface area (Å²) in [5.41, 5.74) is 2.57. The average Bonchev–Trinajstić information content (AvgIpc) is 2.39. The van der Waals surface area contributed by atoms with Gasteiger partial charge in [0.25, 0.3) is 0 Å². The van der Waals surface area contributed by atoms with Crippen LogP contribution in [0.25, 0.3) is 0 Å². The quantitative estimate of drug-likeness (QED) is 0.896. The van der Waals surface area contributed by atoms with Crippen LogP contribution >= 0.6 is 15.9 Å². The first kappa shape index (κ1) is 13.8. The molecule has 0 radical (unpaired) electrons. The molecule has 2 aromatic rings. The highest BCUT2D eigenvalue weighted by Crippen LogP contribution is 2.10. The van der Waals surface area contributed by atoms with Crippen molar-refractivity contribution in [2.24, 2.45) is 0 Å². The van der Waals surface area contributed by atoms with E-state index in [9.17, 15) is 9.90 Å². The minimum absolute atomic E-state index is 0.218. The van der Waals surface area contributed by atoms with Crippen LogP contribution < -0.4 is 10.4 Å². The van der Waals surface area contributed by atoms with Crippen LogP contribution in [0.2, 0.25) is 0 Å². The Bertz CT molecular complexity index is 567. The van der Waals surface area contributed by atoms with E-state index < -0.39 is 5.97 Å². The number of carbonyl (C=O) groups is 1. The Morgan fingerprint density at radius 3 is 2.37 bits per heavy atom. The Morgan fingerprint density at radius 2 is 1.74 bits per heavy atom. The number of rotatable bonds is 5. The number of hydrogen-bond donors (Lipinski definition) is 1. The van der Waals surface area contributed by atoms with Crippen molar-refractivity contribution in [1.82, 2.24) is 0 Å². The Balaban J connectivity index is 1.87. The van der Waals surface area contributed by atoms with Crippen molar-refractivity contribution < 1.29 is 15.2 Å². The maximum Gasteiger partial charge on any atom is 0.102 e. The largest absolute Gasteiger partial charge is 0.545 e. The molecule has 98 valence electrons. The van der Waals surface area contributed by atoms with E-state index in [1.807, 2.05) is 24.3 Å². The second kappa shape index (κ2) is 6.50. The summed E-state index contributed by atoms with van der Waals surface area (Å²) in [6.45, 7) is 1.71. The molecule has 2 rings (SSSR count). The average molecular weight is 320 g/mol. The van der Waals surface area contributed by atoms with Crippen LogP contribution in [0, 0.1) is 0 Å². The van der Waals surface area contributed by atoms with Crippen LogP contribution in [-0.2, 0) is 13.1 Å². The fourth-order valence-electron chi connectivity index (χ4n) is 1.85. The highest BCUT2D eigenvalue weighted by molar-refractivity contribution is 9.10. The summed E-state index contributed by atoms with van der Waals surface area (Å²) in [7, 11) is 0. The summed E-state index contributed by atoms with van der Waals surface area (Å²) >= 11 is 3.45. The topological polar surface area (TPSA) is 56.7 Å². The minimum Gasteiger partial charge on any atom is -0.545 e. The van der Waals surface area contributed by atoms with Crippen molar-refractivity contribution in [2.75, 3.05) is 0 Å². The Kier molecular flexibility index (Phi) is 4.71. The van der Waals surface area contributed by atoms with Crippen LogP contribution in [0.1, 0.15) is 21.5 Å². The third kappa shape index (κ3) is 4.19. The molecule has 0 unspecified atom stereocenters. The van der Waals surface area contributed by atoms with Gasteiger partial charge >= 0.3 is 0 Å². The van der Waals surface area contributed by atoms with Gasteiger partial charge in [0.1, 0.15) is 13.1 Å². The van der Waals surface area contributed by atoms with Gasteiger partial charge in [0, 0.05) is 15.6 Å². The zero-order chi connectivity index (χ0) is 13.7. The number of aromatic carboxylic acids is 1.